The second kappa shape index (κ2) is 4.48. The van der Waals surface area contributed by atoms with Gasteiger partial charge in [0.15, 0.2) is 0 Å². The van der Waals surface area contributed by atoms with Crippen LogP contribution in [-0.4, -0.2) is 30.1 Å². The molecule has 100 valence electrons. The Bertz CT molecular complexity index is 443. The van der Waals surface area contributed by atoms with Crippen LogP contribution in [-0.2, 0) is 0 Å². The molecule has 0 aromatic carbocycles. The zero-order valence-electron chi connectivity index (χ0n) is 11.2. The highest BCUT2D eigenvalue weighted by Crippen LogP contribution is 2.45. The first kappa shape index (κ1) is 12.9. The molecule has 4 heteroatoms. The van der Waals surface area contributed by atoms with Crippen molar-refractivity contribution in [1.82, 2.24) is 10.2 Å². The van der Waals surface area contributed by atoms with Crippen LogP contribution in [0.5, 0.6) is 0 Å². The van der Waals surface area contributed by atoms with Crippen molar-refractivity contribution in [3.05, 3.63) is 21.3 Å². The van der Waals surface area contributed by atoms with Gasteiger partial charge in [-0.15, -0.1) is 11.3 Å². The lowest BCUT2D eigenvalue weighted by molar-refractivity contribution is 0.0973. The summed E-state index contributed by atoms with van der Waals surface area (Å²) in [7, 11) is 0. The number of nitrogens with zero attached hydrogens (tertiary/aromatic N) is 1. The average molecular weight is 285 g/mol. The highest BCUT2D eigenvalue weighted by Gasteiger charge is 2.50. The van der Waals surface area contributed by atoms with Crippen molar-refractivity contribution < 1.29 is 0 Å². The van der Waals surface area contributed by atoms with E-state index in [1.165, 1.54) is 25.2 Å². The van der Waals surface area contributed by atoms with Gasteiger partial charge in [0.25, 0.3) is 0 Å². The number of fused-ring (bicyclic) bond motifs is 1. The summed E-state index contributed by atoms with van der Waals surface area (Å²) in [6.45, 7) is 10.7. The summed E-state index contributed by atoms with van der Waals surface area (Å²) in [4.78, 5) is 2.67. The van der Waals surface area contributed by atoms with Gasteiger partial charge in [0, 0.05) is 24.7 Å². The van der Waals surface area contributed by atoms with E-state index in [0.29, 0.717) is 6.04 Å². The summed E-state index contributed by atoms with van der Waals surface area (Å²) in [5.41, 5.74) is 1.65. The van der Waals surface area contributed by atoms with Crippen LogP contribution in [0.3, 0.4) is 0 Å². The summed E-state index contributed by atoms with van der Waals surface area (Å²) in [5, 5.41) is 5.74. The number of likely N-dealkylation sites (tertiary alicyclic amines) is 1. The lowest BCUT2D eigenvalue weighted by Gasteiger charge is -2.39. The molecule has 18 heavy (non-hydrogen) atoms. The maximum absolute atomic E-state index is 6.07. The molecule has 1 aromatic rings. The Morgan fingerprint density at radius 1 is 1.50 bits per heavy atom. The van der Waals surface area contributed by atoms with E-state index in [4.69, 9.17) is 11.6 Å². The molecule has 0 bridgehead atoms. The van der Waals surface area contributed by atoms with Crippen molar-refractivity contribution in [3.63, 3.8) is 0 Å². The molecule has 1 N–H and O–H groups in total. The van der Waals surface area contributed by atoms with Crippen LogP contribution in [0, 0.1) is 11.8 Å². The average Bonchev–Trinajstić information content (AvgIpc) is 2.96. The lowest BCUT2D eigenvalue weighted by Crippen LogP contribution is -2.45. The van der Waals surface area contributed by atoms with Crippen LogP contribution in [0.15, 0.2) is 11.4 Å². The summed E-state index contributed by atoms with van der Waals surface area (Å²) in [6.07, 6.45) is 0. The Morgan fingerprint density at radius 3 is 2.89 bits per heavy atom. The molecule has 3 atom stereocenters. The fraction of sp³-hybridized carbons (Fsp3) is 0.714. The predicted octanol–water partition coefficient (Wildman–Crippen LogP) is 3.39. The third-order valence-corrected chi connectivity index (χ3v) is 6.07. The molecule has 1 aromatic heterocycles. The summed E-state index contributed by atoms with van der Waals surface area (Å²) >= 11 is 7.71. The minimum Gasteiger partial charge on any atom is -0.316 e. The second-order valence-corrected chi connectivity index (χ2v) is 7.73. The SMILES string of the molecule is CC(c1csc(Cl)c1)N1CC2CNCC2C1(C)C. The first-order valence-electron chi connectivity index (χ1n) is 6.71. The molecule has 0 aliphatic carbocycles. The topological polar surface area (TPSA) is 15.3 Å². The van der Waals surface area contributed by atoms with Gasteiger partial charge in [-0.05, 0) is 56.2 Å². The zero-order chi connectivity index (χ0) is 12.9. The molecule has 0 saturated carbocycles. The van der Waals surface area contributed by atoms with Gasteiger partial charge in [0.05, 0.1) is 4.34 Å². The van der Waals surface area contributed by atoms with E-state index < -0.39 is 0 Å². The number of nitrogens with one attached hydrogen (secondary N) is 1. The van der Waals surface area contributed by atoms with Crippen molar-refractivity contribution in [1.29, 1.82) is 0 Å². The fourth-order valence-electron chi connectivity index (χ4n) is 3.83. The molecule has 0 amide bonds. The number of hydrogen-bond acceptors (Lipinski definition) is 3. The number of hydrogen-bond donors (Lipinski definition) is 1. The molecule has 3 heterocycles. The Balaban J connectivity index is 1.84. The van der Waals surface area contributed by atoms with Gasteiger partial charge in [0.2, 0.25) is 0 Å². The largest absolute Gasteiger partial charge is 0.316 e. The van der Waals surface area contributed by atoms with Crippen molar-refractivity contribution in [2.24, 2.45) is 11.8 Å². The molecule has 2 saturated heterocycles. The standard InChI is InChI=1S/C14H21ClN2S/c1-9(10-4-13(15)18-8-10)17-7-11-5-16-6-12(11)14(17,2)3/h4,8-9,11-12,16H,5-7H2,1-3H3. The van der Waals surface area contributed by atoms with E-state index in [9.17, 15) is 0 Å². The summed E-state index contributed by atoms with van der Waals surface area (Å²) in [6, 6.07) is 2.59. The number of rotatable bonds is 2. The number of thiophene rings is 1. The van der Waals surface area contributed by atoms with Gasteiger partial charge in [-0.25, -0.2) is 0 Å². The van der Waals surface area contributed by atoms with Crippen molar-refractivity contribution in [2.75, 3.05) is 19.6 Å². The molecular formula is C14H21ClN2S. The third-order valence-electron chi connectivity index (χ3n) is 4.96. The molecule has 0 spiro atoms. The van der Waals surface area contributed by atoms with E-state index in [0.717, 1.165) is 16.2 Å². The van der Waals surface area contributed by atoms with Crippen molar-refractivity contribution in [3.8, 4) is 0 Å². The van der Waals surface area contributed by atoms with Gasteiger partial charge >= 0.3 is 0 Å². The smallest absolute Gasteiger partial charge is 0.0931 e. The predicted molar refractivity (Wildman–Crippen MR) is 78.4 cm³/mol. The maximum atomic E-state index is 6.07. The van der Waals surface area contributed by atoms with Crippen LogP contribution in [0.1, 0.15) is 32.4 Å². The minimum absolute atomic E-state index is 0.280. The molecule has 0 radical (unpaired) electrons. The van der Waals surface area contributed by atoms with Gasteiger partial charge in [-0.1, -0.05) is 11.6 Å². The van der Waals surface area contributed by atoms with Crippen LogP contribution < -0.4 is 5.32 Å². The first-order chi connectivity index (χ1) is 8.50. The molecule has 2 aliphatic heterocycles. The molecule has 3 unspecified atom stereocenters. The van der Waals surface area contributed by atoms with Gasteiger partial charge in [0.1, 0.15) is 0 Å². The van der Waals surface area contributed by atoms with Crippen molar-refractivity contribution >= 4 is 22.9 Å². The first-order valence-corrected chi connectivity index (χ1v) is 7.97. The van der Waals surface area contributed by atoms with Crippen LogP contribution >= 0.6 is 22.9 Å². The molecule has 3 rings (SSSR count). The Kier molecular flexibility index (Phi) is 3.22. The van der Waals surface area contributed by atoms with E-state index in [2.05, 4.69) is 42.4 Å². The molecular weight excluding hydrogens is 264 g/mol. The second-order valence-electron chi connectivity index (χ2n) is 6.19. The normalized spacial score (nSPS) is 32.7. The highest BCUT2D eigenvalue weighted by molar-refractivity contribution is 7.14. The summed E-state index contributed by atoms with van der Waals surface area (Å²) in [5.74, 6) is 1.60. The quantitative estimate of drug-likeness (QED) is 0.895. The Morgan fingerprint density at radius 2 is 2.28 bits per heavy atom. The van der Waals surface area contributed by atoms with E-state index in [-0.39, 0.29) is 5.54 Å². The van der Waals surface area contributed by atoms with Gasteiger partial charge in [-0.3, -0.25) is 4.90 Å². The lowest BCUT2D eigenvalue weighted by atomic mass is 9.84. The van der Waals surface area contributed by atoms with E-state index >= 15 is 0 Å². The number of halogens is 1. The Hall–Kier alpha value is -0.0900. The maximum Gasteiger partial charge on any atom is 0.0931 e. The zero-order valence-corrected chi connectivity index (χ0v) is 12.8. The minimum atomic E-state index is 0.280. The van der Waals surface area contributed by atoms with Crippen molar-refractivity contribution in [2.45, 2.75) is 32.4 Å². The van der Waals surface area contributed by atoms with E-state index in [1.807, 2.05) is 0 Å². The molecule has 2 nitrogen and oxygen atoms in total. The Labute approximate surface area is 118 Å². The van der Waals surface area contributed by atoms with Crippen LogP contribution in [0.2, 0.25) is 4.34 Å². The molecule has 2 aliphatic rings. The highest BCUT2D eigenvalue weighted by atomic mass is 35.5. The fourth-order valence-corrected chi connectivity index (χ4v) is 4.81. The summed E-state index contributed by atoms with van der Waals surface area (Å²) < 4.78 is 0.899. The molecule has 2 fully saturated rings. The van der Waals surface area contributed by atoms with Crippen LogP contribution in [0.4, 0.5) is 0 Å². The van der Waals surface area contributed by atoms with Crippen LogP contribution in [0.25, 0.3) is 0 Å². The monoisotopic (exact) mass is 284 g/mol. The van der Waals surface area contributed by atoms with E-state index in [1.54, 1.807) is 11.3 Å². The third kappa shape index (κ3) is 1.92. The van der Waals surface area contributed by atoms with Gasteiger partial charge < -0.3 is 5.32 Å². The van der Waals surface area contributed by atoms with Gasteiger partial charge in [-0.2, -0.15) is 0 Å².